The molecular weight excluding hydrogens is 314 g/mol. The van der Waals surface area contributed by atoms with Gasteiger partial charge in [-0.3, -0.25) is 14.7 Å². The summed E-state index contributed by atoms with van der Waals surface area (Å²) in [4.78, 5) is 22.5. The third-order valence-electron chi connectivity index (χ3n) is 5.77. The van der Waals surface area contributed by atoms with E-state index in [0.717, 1.165) is 63.6 Å². The minimum absolute atomic E-state index is 0.192. The van der Waals surface area contributed by atoms with Crippen LogP contribution >= 0.6 is 0 Å². The zero-order valence-corrected chi connectivity index (χ0v) is 16.6. The Balaban J connectivity index is 1.65. The highest BCUT2D eigenvalue weighted by atomic mass is 16.2. The maximum Gasteiger partial charge on any atom is 0.219 e. The lowest BCUT2D eigenvalue weighted by molar-refractivity contribution is -0.130. The average molecular weight is 352 g/mol. The van der Waals surface area contributed by atoms with Gasteiger partial charge < -0.3 is 15.1 Å². The van der Waals surface area contributed by atoms with E-state index in [9.17, 15) is 4.79 Å². The van der Waals surface area contributed by atoms with Crippen LogP contribution in [0.25, 0.3) is 0 Å². The summed E-state index contributed by atoms with van der Waals surface area (Å²) in [6, 6.07) is 0. The quantitative estimate of drug-likeness (QED) is 0.602. The summed E-state index contributed by atoms with van der Waals surface area (Å²) in [5.41, 5.74) is 0. The van der Waals surface area contributed by atoms with E-state index in [-0.39, 0.29) is 5.91 Å². The molecule has 2 fully saturated rings. The van der Waals surface area contributed by atoms with Crippen LogP contribution in [0.4, 0.5) is 0 Å². The molecule has 1 aliphatic carbocycles. The first-order valence-electron chi connectivity index (χ1n) is 9.89. The Labute approximate surface area is 153 Å². The summed E-state index contributed by atoms with van der Waals surface area (Å²) in [5, 5.41) is 3.50. The highest BCUT2D eigenvalue weighted by Crippen LogP contribution is 2.28. The van der Waals surface area contributed by atoms with Gasteiger partial charge in [0.1, 0.15) is 0 Å². The van der Waals surface area contributed by atoms with Crippen LogP contribution in [0, 0.1) is 11.8 Å². The Kier molecular flexibility index (Phi) is 8.00. The molecule has 2 aliphatic rings. The molecule has 6 nitrogen and oxygen atoms in total. The highest BCUT2D eigenvalue weighted by molar-refractivity contribution is 5.79. The zero-order valence-electron chi connectivity index (χ0n) is 16.6. The smallest absolute Gasteiger partial charge is 0.219 e. The number of piperazine rings is 1. The predicted octanol–water partition coefficient (Wildman–Crippen LogP) is 1.48. The number of nitrogens with zero attached hydrogens (tertiary/aromatic N) is 4. The molecule has 25 heavy (non-hydrogen) atoms. The lowest BCUT2D eigenvalue weighted by atomic mass is 9.83. The molecule has 6 heteroatoms. The third kappa shape index (κ3) is 6.49. The molecule has 0 unspecified atom stereocenters. The number of rotatable bonds is 5. The maximum atomic E-state index is 11.4. The van der Waals surface area contributed by atoms with Crippen molar-refractivity contribution in [3.05, 3.63) is 0 Å². The van der Waals surface area contributed by atoms with Crippen molar-refractivity contribution >= 4 is 11.9 Å². The number of aliphatic imine (C=N–C) groups is 1. The van der Waals surface area contributed by atoms with Gasteiger partial charge in [0, 0.05) is 66.8 Å². The molecule has 0 spiro atoms. The molecule has 1 saturated carbocycles. The third-order valence-corrected chi connectivity index (χ3v) is 5.77. The molecule has 1 saturated heterocycles. The Morgan fingerprint density at radius 1 is 1.16 bits per heavy atom. The van der Waals surface area contributed by atoms with Crippen LogP contribution in [0.2, 0.25) is 0 Å². The fourth-order valence-electron chi connectivity index (χ4n) is 3.98. The van der Waals surface area contributed by atoms with Gasteiger partial charge in [-0.05, 0) is 24.7 Å². The van der Waals surface area contributed by atoms with E-state index < -0.39 is 0 Å². The first kappa shape index (κ1) is 20.0. The summed E-state index contributed by atoms with van der Waals surface area (Å²) in [5.74, 6) is 2.90. The van der Waals surface area contributed by atoms with Gasteiger partial charge in [0.2, 0.25) is 5.91 Å². The molecule has 0 radical (unpaired) electrons. The second kappa shape index (κ2) is 10.00. The molecule has 144 valence electrons. The van der Waals surface area contributed by atoms with Gasteiger partial charge in [-0.2, -0.15) is 0 Å². The second-order valence-corrected chi connectivity index (χ2v) is 7.83. The van der Waals surface area contributed by atoms with Gasteiger partial charge >= 0.3 is 0 Å². The van der Waals surface area contributed by atoms with E-state index in [0.29, 0.717) is 0 Å². The van der Waals surface area contributed by atoms with Gasteiger partial charge in [0.25, 0.3) is 0 Å². The maximum absolute atomic E-state index is 11.4. The minimum Gasteiger partial charge on any atom is -0.355 e. The average Bonchev–Trinajstić information content (AvgIpc) is 2.61. The molecule has 0 bridgehead atoms. The van der Waals surface area contributed by atoms with E-state index in [1.54, 1.807) is 6.92 Å². The summed E-state index contributed by atoms with van der Waals surface area (Å²) in [6.45, 7) is 10.7. The van der Waals surface area contributed by atoms with Gasteiger partial charge in [-0.25, -0.2) is 0 Å². The Morgan fingerprint density at radius 2 is 1.80 bits per heavy atom. The molecule has 0 atom stereocenters. The molecule has 1 amide bonds. The molecule has 1 N–H and O–H groups in total. The summed E-state index contributed by atoms with van der Waals surface area (Å²) in [7, 11) is 4.02. The fraction of sp³-hybridized carbons (Fsp3) is 0.895. The fourth-order valence-corrected chi connectivity index (χ4v) is 3.98. The summed E-state index contributed by atoms with van der Waals surface area (Å²) < 4.78 is 0. The van der Waals surface area contributed by atoms with Crippen molar-refractivity contribution in [1.82, 2.24) is 20.0 Å². The number of amides is 1. The van der Waals surface area contributed by atoms with Crippen molar-refractivity contribution in [2.24, 2.45) is 16.8 Å². The van der Waals surface area contributed by atoms with E-state index in [4.69, 9.17) is 0 Å². The minimum atomic E-state index is 0.192. The molecule has 1 heterocycles. The van der Waals surface area contributed by atoms with Crippen LogP contribution in [0.1, 0.15) is 39.5 Å². The van der Waals surface area contributed by atoms with Crippen LogP contribution < -0.4 is 5.32 Å². The van der Waals surface area contributed by atoms with E-state index >= 15 is 0 Å². The monoisotopic (exact) mass is 351 g/mol. The number of carbonyl (C=O) groups is 1. The Bertz CT molecular complexity index is 437. The Morgan fingerprint density at radius 3 is 2.36 bits per heavy atom. The first-order chi connectivity index (χ1) is 12.0. The Hall–Kier alpha value is -1.30. The van der Waals surface area contributed by atoms with Gasteiger partial charge in [0.05, 0.1) is 0 Å². The standard InChI is InChI=1S/C19H37N5O/c1-16-5-7-18(8-6-16)15-22(4)19(20-3)21-9-10-23-11-13-24(14-12-23)17(2)25/h16,18H,5-15H2,1-4H3,(H,20,21). The largest absolute Gasteiger partial charge is 0.355 e. The van der Waals surface area contributed by atoms with Gasteiger partial charge in [0.15, 0.2) is 5.96 Å². The summed E-state index contributed by atoms with van der Waals surface area (Å²) in [6.07, 6.45) is 5.44. The van der Waals surface area contributed by atoms with Crippen LogP contribution in [-0.2, 0) is 4.79 Å². The van der Waals surface area contributed by atoms with Crippen LogP contribution in [0.15, 0.2) is 4.99 Å². The molecule has 1 aliphatic heterocycles. The number of carbonyl (C=O) groups excluding carboxylic acids is 1. The zero-order chi connectivity index (χ0) is 18.2. The van der Waals surface area contributed by atoms with Gasteiger partial charge in [-0.15, -0.1) is 0 Å². The van der Waals surface area contributed by atoms with E-state index in [1.165, 1.54) is 25.7 Å². The summed E-state index contributed by atoms with van der Waals surface area (Å²) >= 11 is 0. The molecule has 0 aromatic heterocycles. The number of hydrogen-bond acceptors (Lipinski definition) is 3. The van der Waals surface area contributed by atoms with E-state index in [2.05, 4.69) is 34.1 Å². The molecule has 0 aromatic carbocycles. The van der Waals surface area contributed by atoms with Crippen molar-refractivity contribution in [2.45, 2.75) is 39.5 Å². The highest BCUT2D eigenvalue weighted by Gasteiger charge is 2.21. The van der Waals surface area contributed by atoms with E-state index in [1.807, 2.05) is 11.9 Å². The normalized spacial score (nSPS) is 25.8. The lowest BCUT2D eigenvalue weighted by Crippen LogP contribution is -2.50. The van der Waals surface area contributed by atoms with Crippen LogP contribution in [-0.4, -0.2) is 86.5 Å². The number of guanidine groups is 1. The van der Waals surface area contributed by atoms with Crippen molar-refractivity contribution in [3.8, 4) is 0 Å². The second-order valence-electron chi connectivity index (χ2n) is 7.83. The SMILES string of the molecule is CN=C(NCCN1CCN(C(C)=O)CC1)N(C)CC1CCC(C)CC1. The lowest BCUT2D eigenvalue weighted by Gasteiger charge is -2.34. The van der Waals surface area contributed by atoms with Crippen molar-refractivity contribution in [2.75, 3.05) is 59.9 Å². The number of nitrogens with one attached hydrogen (secondary N) is 1. The van der Waals surface area contributed by atoms with Gasteiger partial charge in [-0.1, -0.05) is 19.8 Å². The van der Waals surface area contributed by atoms with Crippen molar-refractivity contribution in [3.63, 3.8) is 0 Å². The van der Waals surface area contributed by atoms with Crippen LogP contribution in [0.5, 0.6) is 0 Å². The first-order valence-corrected chi connectivity index (χ1v) is 9.89. The molecular formula is C19H37N5O. The van der Waals surface area contributed by atoms with Crippen molar-refractivity contribution in [1.29, 1.82) is 0 Å². The van der Waals surface area contributed by atoms with Crippen molar-refractivity contribution < 1.29 is 4.79 Å². The van der Waals surface area contributed by atoms with Crippen LogP contribution in [0.3, 0.4) is 0 Å². The molecule has 0 aromatic rings. The topological polar surface area (TPSA) is 51.2 Å². The predicted molar refractivity (Wildman–Crippen MR) is 104 cm³/mol. The number of hydrogen-bond donors (Lipinski definition) is 1. The molecule has 2 rings (SSSR count).